The van der Waals surface area contributed by atoms with Gasteiger partial charge in [0.25, 0.3) is 0 Å². The Bertz CT molecular complexity index is 359. The minimum absolute atomic E-state index is 0.511. The molecular formula is C13H15NO. The number of carbonyl (C=O) groups is 1. The van der Waals surface area contributed by atoms with Gasteiger partial charge in [-0.2, -0.15) is 5.26 Å². The predicted octanol–water partition coefficient (Wildman–Crippen LogP) is 2.69. The Balaban J connectivity index is 2.73. The summed E-state index contributed by atoms with van der Waals surface area (Å²) in [5.74, 6) is -0.00761. The maximum Gasteiger partial charge on any atom is 0.137 e. The summed E-state index contributed by atoms with van der Waals surface area (Å²) in [4.78, 5) is 10.5. The molecule has 0 aromatic heterocycles. The van der Waals surface area contributed by atoms with Gasteiger partial charge in [0.1, 0.15) is 12.2 Å². The number of hydrogen-bond donors (Lipinski definition) is 0. The van der Waals surface area contributed by atoms with Gasteiger partial charge in [-0.1, -0.05) is 38.1 Å². The number of nitrogens with zero attached hydrogens (tertiary/aromatic N) is 1. The molecule has 78 valence electrons. The van der Waals surface area contributed by atoms with Gasteiger partial charge in [0, 0.05) is 0 Å². The van der Waals surface area contributed by atoms with Crippen molar-refractivity contribution in [2.24, 2.45) is 5.92 Å². The molecule has 1 atom stereocenters. The second-order valence-corrected chi connectivity index (χ2v) is 3.97. The van der Waals surface area contributed by atoms with Crippen LogP contribution in [0.1, 0.15) is 30.9 Å². The van der Waals surface area contributed by atoms with E-state index >= 15 is 0 Å². The van der Waals surface area contributed by atoms with Gasteiger partial charge in [-0.3, -0.25) is 0 Å². The van der Waals surface area contributed by atoms with Gasteiger partial charge in [-0.25, -0.2) is 0 Å². The Hall–Kier alpha value is -1.62. The topological polar surface area (TPSA) is 40.9 Å². The van der Waals surface area contributed by atoms with Crippen molar-refractivity contribution >= 4 is 6.29 Å². The lowest BCUT2D eigenvalue weighted by Crippen LogP contribution is -2.02. The smallest absolute Gasteiger partial charge is 0.137 e. The van der Waals surface area contributed by atoms with Crippen molar-refractivity contribution in [1.82, 2.24) is 0 Å². The van der Waals surface area contributed by atoms with E-state index in [2.05, 4.69) is 26.0 Å². The summed E-state index contributed by atoms with van der Waals surface area (Å²) in [5.41, 5.74) is 2.32. The number of nitriles is 1. The second kappa shape index (κ2) is 5.31. The lowest BCUT2D eigenvalue weighted by atomic mass is 9.97. The molecule has 1 rings (SSSR count). The first-order valence-corrected chi connectivity index (χ1v) is 5.11. The molecule has 0 fully saturated rings. The molecule has 0 amide bonds. The van der Waals surface area contributed by atoms with E-state index < -0.39 is 5.92 Å². The first-order chi connectivity index (χ1) is 7.17. The average Bonchev–Trinajstić information content (AvgIpc) is 2.26. The lowest BCUT2D eigenvalue weighted by Gasteiger charge is -2.07. The Morgan fingerprint density at radius 3 is 2.33 bits per heavy atom. The summed E-state index contributed by atoms with van der Waals surface area (Å²) >= 11 is 0. The monoisotopic (exact) mass is 201 g/mol. The van der Waals surface area contributed by atoms with Crippen molar-refractivity contribution in [2.45, 2.75) is 26.2 Å². The molecule has 0 radical (unpaired) electrons. The third kappa shape index (κ3) is 3.21. The molecule has 0 aliphatic carbocycles. The van der Waals surface area contributed by atoms with Gasteiger partial charge in [-0.15, -0.1) is 0 Å². The maximum atomic E-state index is 10.5. The van der Waals surface area contributed by atoms with E-state index in [1.807, 2.05) is 18.2 Å². The van der Waals surface area contributed by atoms with E-state index in [1.165, 1.54) is 5.56 Å². The Labute approximate surface area is 90.5 Å². The van der Waals surface area contributed by atoms with Crippen LogP contribution in [0.4, 0.5) is 0 Å². The molecule has 1 aromatic rings. The fourth-order valence-electron chi connectivity index (χ4n) is 1.42. The van der Waals surface area contributed by atoms with Crippen molar-refractivity contribution < 1.29 is 4.79 Å². The van der Waals surface area contributed by atoms with Crippen molar-refractivity contribution in [3.8, 4) is 6.07 Å². The third-order valence-corrected chi connectivity index (χ3v) is 2.43. The van der Waals surface area contributed by atoms with E-state index in [0.717, 1.165) is 5.56 Å². The van der Waals surface area contributed by atoms with Crippen LogP contribution in [0.5, 0.6) is 0 Å². The van der Waals surface area contributed by atoms with Crippen molar-refractivity contribution in [1.29, 1.82) is 5.26 Å². The molecule has 0 saturated heterocycles. The van der Waals surface area contributed by atoms with E-state index in [4.69, 9.17) is 5.26 Å². The molecule has 0 saturated carbocycles. The SMILES string of the molecule is CC(C)c1ccc(CC(C#N)C=O)cc1. The summed E-state index contributed by atoms with van der Waals surface area (Å²) in [5, 5.41) is 8.65. The molecule has 1 aromatic carbocycles. The van der Waals surface area contributed by atoms with Crippen molar-refractivity contribution in [3.63, 3.8) is 0 Å². The largest absolute Gasteiger partial charge is 0.302 e. The summed E-state index contributed by atoms with van der Waals surface area (Å²) in [7, 11) is 0. The van der Waals surface area contributed by atoms with Crippen molar-refractivity contribution in [3.05, 3.63) is 35.4 Å². The lowest BCUT2D eigenvalue weighted by molar-refractivity contribution is -0.109. The minimum Gasteiger partial charge on any atom is -0.302 e. The summed E-state index contributed by atoms with van der Waals surface area (Å²) < 4.78 is 0. The molecule has 0 spiro atoms. The molecule has 0 heterocycles. The number of carbonyl (C=O) groups excluding carboxylic acids is 1. The molecule has 0 bridgehead atoms. The van der Waals surface area contributed by atoms with E-state index in [-0.39, 0.29) is 0 Å². The van der Waals surface area contributed by atoms with Crippen LogP contribution in [0.3, 0.4) is 0 Å². The van der Waals surface area contributed by atoms with Gasteiger partial charge < -0.3 is 4.79 Å². The fourth-order valence-corrected chi connectivity index (χ4v) is 1.42. The quantitative estimate of drug-likeness (QED) is 0.703. The predicted molar refractivity (Wildman–Crippen MR) is 59.4 cm³/mol. The standard InChI is InChI=1S/C13H15NO/c1-10(2)13-5-3-11(4-6-13)7-12(8-14)9-15/h3-6,9-10,12H,7H2,1-2H3. The van der Waals surface area contributed by atoms with Crippen LogP contribution in [-0.2, 0) is 11.2 Å². The highest BCUT2D eigenvalue weighted by Gasteiger charge is 2.06. The Morgan fingerprint density at radius 1 is 1.33 bits per heavy atom. The Morgan fingerprint density at radius 2 is 1.93 bits per heavy atom. The zero-order valence-electron chi connectivity index (χ0n) is 9.10. The van der Waals surface area contributed by atoms with Gasteiger partial charge in [0.05, 0.1) is 6.07 Å². The Kier molecular flexibility index (Phi) is 4.05. The molecule has 0 aliphatic heterocycles. The molecule has 15 heavy (non-hydrogen) atoms. The first kappa shape index (κ1) is 11.5. The maximum absolute atomic E-state index is 10.5. The van der Waals surface area contributed by atoms with Crippen LogP contribution in [0, 0.1) is 17.2 Å². The van der Waals surface area contributed by atoms with Gasteiger partial charge >= 0.3 is 0 Å². The number of hydrogen-bond acceptors (Lipinski definition) is 2. The highest BCUT2D eigenvalue weighted by Crippen LogP contribution is 2.16. The van der Waals surface area contributed by atoms with Crippen LogP contribution in [0.15, 0.2) is 24.3 Å². The minimum atomic E-state index is -0.519. The molecule has 2 heteroatoms. The molecule has 0 aliphatic rings. The molecular weight excluding hydrogens is 186 g/mol. The third-order valence-electron chi connectivity index (χ3n) is 2.43. The number of rotatable bonds is 4. The fraction of sp³-hybridized carbons (Fsp3) is 0.385. The van der Waals surface area contributed by atoms with E-state index in [0.29, 0.717) is 18.6 Å². The first-order valence-electron chi connectivity index (χ1n) is 5.11. The molecule has 2 nitrogen and oxygen atoms in total. The van der Waals surface area contributed by atoms with Crippen LogP contribution < -0.4 is 0 Å². The highest BCUT2D eigenvalue weighted by atomic mass is 16.1. The molecule has 0 N–H and O–H groups in total. The van der Waals surface area contributed by atoms with Crippen LogP contribution in [0.25, 0.3) is 0 Å². The highest BCUT2D eigenvalue weighted by molar-refractivity contribution is 5.58. The van der Waals surface area contributed by atoms with E-state index in [9.17, 15) is 4.79 Å². The molecule has 1 unspecified atom stereocenters. The summed E-state index contributed by atoms with van der Waals surface area (Å²) in [6, 6.07) is 10.1. The van der Waals surface area contributed by atoms with Gasteiger partial charge in [0.2, 0.25) is 0 Å². The second-order valence-electron chi connectivity index (χ2n) is 3.97. The average molecular weight is 201 g/mol. The number of aldehydes is 1. The van der Waals surface area contributed by atoms with Crippen LogP contribution >= 0.6 is 0 Å². The summed E-state index contributed by atoms with van der Waals surface area (Å²) in [6.07, 6.45) is 1.22. The zero-order valence-corrected chi connectivity index (χ0v) is 9.10. The summed E-state index contributed by atoms with van der Waals surface area (Å²) in [6.45, 7) is 4.27. The number of benzene rings is 1. The zero-order chi connectivity index (χ0) is 11.3. The van der Waals surface area contributed by atoms with Gasteiger partial charge in [-0.05, 0) is 23.5 Å². The normalized spacial score (nSPS) is 12.1. The van der Waals surface area contributed by atoms with Crippen molar-refractivity contribution in [2.75, 3.05) is 0 Å². The van der Waals surface area contributed by atoms with Crippen LogP contribution in [0.2, 0.25) is 0 Å². The van der Waals surface area contributed by atoms with Gasteiger partial charge in [0.15, 0.2) is 0 Å². The van der Waals surface area contributed by atoms with Crippen LogP contribution in [-0.4, -0.2) is 6.29 Å². The van der Waals surface area contributed by atoms with E-state index in [1.54, 1.807) is 0 Å².